The molecule has 7 nitrogen and oxygen atoms in total. The lowest BCUT2D eigenvalue weighted by molar-refractivity contribution is -0.113. The maximum atomic E-state index is 12.4. The van der Waals surface area contributed by atoms with Gasteiger partial charge in [-0.25, -0.2) is 4.98 Å². The summed E-state index contributed by atoms with van der Waals surface area (Å²) in [6, 6.07) is 13.0. The number of nitrogens with one attached hydrogen (secondary N) is 1. The number of anilines is 1. The summed E-state index contributed by atoms with van der Waals surface area (Å²) < 4.78 is 18.4. The number of methoxy groups -OCH3 is 1. The molecular weight excluding hydrogens is 378 g/mol. The number of carbonyl (C=O) groups excluding carboxylic acids is 1. The van der Waals surface area contributed by atoms with Gasteiger partial charge in [0, 0.05) is 24.1 Å². The molecule has 0 fully saturated rings. The van der Waals surface area contributed by atoms with E-state index in [0.717, 1.165) is 11.4 Å². The lowest BCUT2D eigenvalue weighted by Gasteiger charge is -2.19. The summed E-state index contributed by atoms with van der Waals surface area (Å²) in [4.78, 5) is 16.7. The fourth-order valence-corrected chi connectivity index (χ4v) is 3.62. The van der Waals surface area contributed by atoms with Gasteiger partial charge in [0.1, 0.15) is 19.0 Å². The number of aromatic nitrogens is 2. The highest BCUT2D eigenvalue weighted by Gasteiger charge is 2.14. The monoisotopic (exact) mass is 397 g/mol. The van der Waals surface area contributed by atoms with Gasteiger partial charge >= 0.3 is 0 Å². The summed E-state index contributed by atoms with van der Waals surface area (Å²) >= 11 is 1.35. The van der Waals surface area contributed by atoms with Crippen LogP contribution in [0.25, 0.3) is 5.69 Å². The van der Waals surface area contributed by atoms with Crippen LogP contribution < -0.4 is 19.5 Å². The molecule has 0 aliphatic carbocycles. The van der Waals surface area contributed by atoms with Crippen LogP contribution >= 0.6 is 11.8 Å². The third kappa shape index (κ3) is 3.91. The lowest BCUT2D eigenvalue weighted by atomic mass is 10.2. The van der Waals surface area contributed by atoms with E-state index in [4.69, 9.17) is 14.2 Å². The molecule has 28 heavy (non-hydrogen) atoms. The fourth-order valence-electron chi connectivity index (χ4n) is 2.86. The van der Waals surface area contributed by atoms with E-state index in [2.05, 4.69) is 10.3 Å². The van der Waals surface area contributed by atoms with Crippen LogP contribution in [0.1, 0.15) is 0 Å². The van der Waals surface area contributed by atoms with Crippen LogP contribution in [-0.2, 0) is 4.79 Å². The van der Waals surface area contributed by atoms with Crippen LogP contribution in [0.3, 0.4) is 0 Å². The molecule has 2 aromatic carbocycles. The molecular formula is C20H19N3O4S. The Balaban J connectivity index is 1.41. The molecule has 1 aliphatic heterocycles. The Morgan fingerprint density at radius 2 is 2.04 bits per heavy atom. The second kappa shape index (κ2) is 8.26. The van der Waals surface area contributed by atoms with Crippen LogP contribution in [0.5, 0.6) is 17.2 Å². The Bertz CT molecular complexity index is 989. The lowest BCUT2D eigenvalue weighted by Crippen LogP contribution is -2.17. The quantitative estimate of drug-likeness (QED) is 0.643. The van der Waals surface area contributed by atoms with E-state index in [9.17, 15) is 4.79 Å². The molecule has 0 radical (unpaired) electrons. The van der Waals surface area contributed by atoms with Crippen molar-refractivity contribution in [3.05, 3.63) is 54.9 Å². The molecule has 0 saturated carbocycles. The molecule has 1 amide bonds. The number of imidazole rings is 1. The Hall–Kier alpha value is -3.13. The zero-order valence-electron chi connectivity index (χ0n) is 15.3. The Kier molecular flexibility index (Phi) is 5.38. The first-order chi connectivity index (χ1) is 13.7. The Morgan fingerprint density at radius 3 is 2.89 bits per heavy atom. The van der Waals surface area contributed by atoms with E-state index in [1.807, 2.05) is 35.0 Å². The summed E-state index contributed by atoms with van der Waals surface area (Å²) in [5.74, 6) is 2.17. The van der Waals surface area contributed by atoms with Crippen LogP contribution in [0.4, 0.5) is 5.69 Å². The van der Waals surface area contributed by atoms with Crippen LogP contribution in [0.2, 0.25) is 0 Å². The van der Waals surface area contributed by atoms with E-state index < -0.39 is 0 Å². The SMILES string of the molecule is COc1ccccc1-n1ccnc1SCC(=O)Nc1ccc2c(c1)OCCO2. The zero-order valence-corrected chi connectivity index (χ0v) is 16.1. The van der Waals surface area contributed by atoms with E-state index in [1.165, 1.54) is 11.8 Å². The molecule has 0 bridgehead atoms. The Labute approximate surface area is 166 Å². The first-order valence-electron chi connectivity index (χ1n) is 8.73. The van der Waals surface area contributed by atoms with E-state index in [0.29, 0.717) is 35.6 Å². The molecule has 2 heterocycles. The van der Waals surface area contributed by atoms with Crippen LogP contribution in [0, 0.1) is 0 Å². The smallest absolute Gasteiger partial charge is 0.234 e. The predicted molar refractivity (Wildman–Crippen MR) is 107 cm³/mol. The number of nitrogens with zero attached hydrogens (tertiary/aromatic N) is 2. The standard InChI is InChI=1S/C20H19N3O4S/c1-25-16-5-3-2-4-15(16)23-9-8-21-20(23)28-13-19(24)22-14-6-7-17-18(12-14)27-11-10-26-17/h2-9,12H,10-11,13H2,1H3,(H,22,24). The van der Waals surface area contributed by atoms with Crippen molar-refractivity contribution >= 4 is 23.4 Å². The number of fused-ring (bicyclic) bond motifs is 1. The molecule has 3 aromatic rings. The minimum atomic E-state index is -0.128. The fraction of sp³-hybridized carbons (Fsp3) is 0.200. The normalized spacial score (nSPS) is 12.5. The van der Waals surface area contributed by atoms with Gasteiger partial charge in [-0.3, -0.25) is 9.36 Å². The predicted octanol–water partition coefficient (Wildman–Crippen LogP) is 3.38. The van der Waals surface area contributed by atoms with Crippen LogP contribution in [-0.4, -0.2) is 41.5 Å². The number of para-hydroxylation sites is 2. The average Bonchev–Trinajstić information content (AvgIpc) is 3.20. The molecule has 1 aliphatic rings. The maximum Gasteiger partial charge on any atom is 0.234 e. The second-order valence-electron chi connectivity index (χ2n) is 5.95. The molecule has 1 N–H and O–H groups in total. The summed E-state index contributed by atoms with van der Waals surface area (Å²) in [6.45, 7) is 1.04. The number of hydrogen-bond donors (Lipinski definition) is 1. The van der Waals surface area contributed by atoms with E-state index in [-0.39, 0.29) is 11.7 Å². The van der Waals surface area contributed by atoms with Gasteiger partial charge in [-0.2, -0.15) is 0 Å². The van der Waals surface area contributed by atoms with Gasteiger partial charge in [0.2, 0.25) is 5.91 Å². The van der Waals surface area contributed by atoms with Crippen molar-refractivity contribution in [2.45, 2.75) is 5.16 Å². The van der Waals surface area contributed by atoms with Crippen molar-refractivity contribution in [1.82, 2.24) is 9.55 Å². The largest absolute Gasteiger partial charge is 0.495 e. The van der Waals surface area contributed by atoms with E-state index in [1.54, 1.807) is 31.5 Å². The second-order valence-corrected chi connectivity index (χ2v) is 6.89. The van der Waals surface area contributed by atoms with Gasteiger partial charge < -0.3 is 19.5 Å². The number of benzene rings is 2. The third-order valence-electron chi connectivity index (χ3n) is 4.11. The summed E-state index contributed by atoms with van der Waals surface area (Å²) in [6.07, 6.45) is 3.55. The molecule has 0 spiro atoms. The van der Waals surface area contributed by atoms with Crippen molar-refractivity contribution in [3.8, 4) is 22.9 Å². The molecule has 144 valence electrons. The number of amides is 1. The maximum absolute atomic E-state index is 12.4. The summed E-state index contributed by atoms with van der Waals surface area (Å²) in [5, 5.41) is 3.59. The van der Waals surface area contributed by atoms with Crippen molar-refractivity contribution < 1.29 is 19.0 Å². The third-order valence-corrected chi connectivity index (χ3v) is 5.08. The van der Waals surface area contributed by atoms with E-state index >= 15 is 0 Å². The van der Waals surface area contributed by atoms with Gasteiger partial charge in [-0.05, 0) is 24.3 Å². The number of thioether (sulfide) groups is 1. The number of ether oxygens (including phenoxy) is 3. The van der Waals surface area contributed by atoms with Gasteiger partial charge in [0.05, 0.1) is 18.6 Å². The molecule has 0 unspecified atom stereocenters. The first kappa shape index (κ1) is 18.2. The van der Waals surface area contributed by atoms with Gasteiger partial charge in [-0.1, -0.05) is 23.9 Å². The molecule has 1 aromatic heterocycles. The van der Waals surface area contributed by atoms with Crippen molar-refractivity contribution in [2.75, 3.05) is 31.4 Å². The highest BCUT2D eigenvalue weighted by molar-refractivity contribution is 7.99. The topological polar surface area (TPSA) is 74.6 Å². The van der Waals surface area contributed by atoms with Gasteiger partial charge in [0.15, 0.2) is 16.7 Å². The molecule has 0 saturated heterocycles. The minimum absolute atomic E-state index is 0.128. The highest BCUT2D eigenvalue weighted by atomic mass is 32.2. The number of hydrogen-bond acceptors (Lipinski definition) is 6. The van der Waals surface area contributed by atoms with Crippen molar-refractivity contribution in [1.29, 1.82) is 0 Å². The number of carbonyl (C=O) groups is 1. The van der Waals surface area contributed by atoms with Gasteiger partial charge in [0.25, 0.3) is 0 Å². The molecule has 8 heteroatoms. The molecule has 0 atom stereocenters. The highest BCUT2D eigenvalue weighted by Crippen LogP contribution is 2.33. The average molecular weight is 397 g/mol. The Morgan fingerprint density at radius 1 is 1.21 bits per heavy atom. The molecule has 4 rings (SSSR count). The summed E-state index contributed by atoms with van der Waals surface area (Å²) in [7, 11) is 1.63. The zero-order chi connectivity index (χ0) is 19.3. The van der Waals surface area contributed by atoms with Crippen molar-refractivity contribution in [3.63, 3.8) is 0 Å². The van der Waals surface area contributed by atoms with Crippen LogP contribution in [0.15, 0.2) is 60.0 Å². The number of rotatable bonds is 6. The first-order valence-corrected chi connectivity index (χ1v) is 9.72. The van der Waals surface area contributed by atoms with Crippen molar-refractivity contribution in [2.24, 2.45) is 0 Å². The minimum Gasteiger partial charge on any atom is -0.495 e. The summed E-state index contributed by atoms with van der Waals surface area (Å²) in [5.41, 5.74) is 1.54. The van der Waals surface area contributed by atoms with Gasteiger partial charge in [-0.15, -0.1) is 0 Å².